The second-order valence-corrected chi connectivity index (χ2v) is 1.50. The van der Waals surface area contributed by atoms with Crippen molar-refractivity contribution in [2.45, 2.75) is 0 Å². The quantitative estimate of drug-likeness (QED) is 0.417. The molecule has 0 bridgehead atoms. The molecule has 0 N–H and O–H groups in total. The SMILES string of the molecule is [Ga+3].[La+3].[O-][Si]([O-])([O-])[O-]. The van der Waals surface area contributed by atoms with E-state index < -0.39 is 9.05 Å². The van der Waals surface area contributed by atoms with E-state index in [0.717, 1.165) is 0 Å². The van der Waals surface area contributed by atoms with Gasteiger partial charge in [0.05, 0.1) is 0 Å². The van der Waals surface area contributed by atoms with Crippen LogP contribution in [0, 0.1) is 35.6 Å². The second kappa shape index (κ2) is 6.01. The maximum absolute atomic E-state index is 8.58. The zero-order valence-corrected chi connectivity index (χ0v) is 10.3. The topological polar surface area (TPSA) is 92.2 Å². The fraction of sp³-hybridized carbons (Fsp3) is 0. The van der Waals surface area contributed by atoms with E-state index in [1.807, 2.05) is 0 Å². The minimum atomic E-state index is -5.61. The molecule has 0 unspecified atom stereocenters. The minimum Gasteiger partial charge on any atom is -0.894 e. The Bertz CT molecular complexity index is 27.2. The summed E-state index contributed by atoms with van der Waals surface area (Å²) in [4.78, 5) is 34.3. The number of hydrogen-bond acceptors (Lipinski definition) is 4. The summed E-state index contributed by atoms with van der Waals surface area (Å²) in [7, 11) is -5.61. The van der Waals surface area contributed by atoms with Gasteiger partial charge in [0.2, 0.25) is 0 Å². The van der Waals surface area contributed by atoms with E-state index in [1.165, 1.54) is 0 Å². The first-order chi connectivity index (χ1) is 2.00. The van der Waals surface area contributed by atoms with Gasteiger partial charge in [-0.3, -0.25) is 0 Å². The molecule has 0 amide bonds. The van der Waals surface area contributed by atoms with Gasteiger partial charge in [-0.15, -0.1) is 0 Å². The van der Waals surface area contributed by atoms with Crippen LogP contribution in [0.1, 0.15) is 0 Å². The molecule has 0 spiro atoms. The summed E-state index contributed by atoms with van der Waals surface area (Å²) in [5, 5.41) is 0. The predicted octanol–water partition coefficient (Wildman–Crippen LogP) is -5.52. The molecule has 0 aromatic carbocycles. The van der Waals surface area contributed by atoms with E-state index in [4.69, 9.17) is 19.2 Å². The molecule has 0 aliphatic heterocycles. The van der Waals surface area contributed by atoms with Gasteiger partial charge in [0, 0.05) is 0 Å². The summed E-state index contributed by atoms with van der Waals surface area (Å²) in [5.74, 6) is 0. The number of hydrogen-bond donors (Lipinski definition) is 0. The van der Waals surface area contributed by atoms with Gasteiger partial charge < -0.3 is 28.2 Å². The zero-order valence-electron chi connectivity index (χ0n) is 3.29. The molecule has 7 heteroatoms. The Morgan fingerprint density at radius 3 is 0.857 bits per heavy atom. The third kappa shape index (κ3) is 76.7. The molecule has 0 atom stereocenters. The smallest absolute Gasteiger partial charge is 0.894 e. The molecule has 0 aromatic rings. The number of rotatable bonds is 0. The Morgan fingerprint density at radius 1 is 0.857 bits per heavy atom. The van der Waals surface area contributed by atoms with Crippen molar-refractivity contribution in [2.75, 3.05) is 0 Å². The summed E-state index contributed by atoms with van der Waals surface area (Å²) in [6, 6.07) is 0. The molecule has 0 saturated carbocycles. The normalized spacial score (nSPS) is 8.57. The summed E-state index contributed by atoms with van der Waals surface area (Å²) in [5.41, 5.74) is 0. The van der Waals surface area contributed by atoms with Crippen molar-refractivity contribution in [1.82, 2.24) is 0 Å². The van der Waals surface area contributed by atoms with Crippen LogP contribution in [0.3, 0.4) is 0 Å². The first-order valence-electron chi connectivity index (χ1n) is 0.816. The van der Waals surface area contributed by atoms with Crippen LogP contribution in [0.5, 0.6) is 0 Å². The molecule has 0 saturated heterocycles. The Balaban J connectivity index is -0.0000000800. The van der Waals surface area contributed by atoms with Crippen LogP contribution in [-0.2, 0) is 0 Å². The average molecular weight is 301 g/mol. The van der Waals surface area contributed by atoms with E-state index in [9.17, 15) is 0 Å². The molecule has 0 fully saturated rings. The molecule has 7 heavy (non-hydrogen) atoms. The molecule has 0 aliphatic rings. The van der Waals surface area contributed by atoms with Crippen LogP contribution < -0.4 is 19.2 Å². The Morgan fingerprint density at radius 2 is 0.857 bits per heavy atom. The van der Waals surface area contributed by atoms with Crippen LogP contribution in [0.25, 0.3) is 0 Å². The standard InChI is InChI=1S/Ga.La.O4Si/c;;1-5(2,3)4/q2*+3;-4. The third-order valence-electron chi connectivity index (χ3n) is 0. The fourth-order valence-electron chi connectivity index (χ4n) is 0. The maximum Gasteiger partial charge on any atom is 3.00 e. The van der Waals surface area contributed by atoms with Gasteiger partial charge in [0.15, 0.2) is 0 Å². The van der Waals surface area contributed by atoms with Gasteiger partial charge in [-0.05, 0) is 0 Å². The molecule has 0 heterocycles. The Labute approximate surface area is 82.7 Å². The largest absolute Gasteiger partial charge is 3.00 e. The summed E-state index contributed by atoms with van der Waals surface area (Å²) >= 11 is 0. The molecule has 0 rings (SSSR count). The van der Waals surface area contributed by atoms with Crippen LogP contribution >= 0.6 is 0 Å². The summed E-state index contributed by atoms with van der Waals surface area (Å²) < 4.78 is 0. The van der Waals surface area contributed by atoms with Crippen molar-refractivity contribution in [2.24, 2.45) is 0 Å². The molecule has 32 valence electrons. The Kier molecular flexibility index (Phi) is 13.7. The van der Waals surface area contributed by atoms with Gasteiger partial charge in [0.25, 0.3) is 0 Å². The summed E-state index contributed by atoms with van der Waals surface area (Å²) in [6.07, 6.45) is 0. The summed E-state index contributed by atoms with van der Waals surface area (Å²) in [6.45, 7) is 0. The Hall–Kier alpha value is 1.89. The van der Waals surface area contributed by atoms with E-state index >= 15 is 0 Å². The third-order valence-corrected chi connectivity index (χ3v) is 0. The average Bonchev–Trinajstić information content (AvgIpc) is 0.722. The van der Waals surface area contributed by atoms with Gasteiger partial charge in [-0.2, -0.15) is 0 Å². The molecule has 0 aliphatic carbocycles. The predicted molar refractivity (Wildman–Crippen MR) is 11.5 cm³/mol. The van der Waals surface area contributed by atoms with Crippen molar-refractivity contribution in [3.8, 4) is 0 Å². The molecule has 0 aromatic heterocycles. The van der Waals surface area contributed by atoms with Crippen LogP contribution in [0.15, 0.2) is 0 Å². The molecular formula is GaLaO4Si+2. The second-order valence-electron chi connectivity index (χ2n) is 0.500. The van der Waals surface area contributed by atoms with Crippen molar-refractivity contribution in [1.29, 1.82) is 0 Å². The molecule has 4 nitrogen and oxygen atoms in total. The van der Waals surface area contributed by atoms with Gasteiger partial charge in [-0.25, -0.2) is 0 Å². The molecular weight excluding hydrogens is 301 g/mol. The monoisotopic (exact) mass is 300 g/mol. The maximum atomic E-state index is 8.58. The zero-order chi connectivity index (χ0) is 4.50. The van der Waals surface area contributed by atoms with E-state index in [1.54, 1.807) is 0 Å². The van der Waals surface area contributed by atoms with Crippen LogP contribution in [0.2, 0.25) is 0 Å². The van der Waals surface area contributed by atoms with Crippen molar-refractivity contribution < 1.29 is 54.8 Å². The first kappa shape index (κ1) is 16.0. The van der Waals surface area contributed by atoms with Gasteiger partial charge in [-0.1, -0.05) is 0 Å². The van der Waals surface area contributed by atoms with Crippen molar-refractivity contribution in [3.63, 3.8) is 0 Å². The van der Waals surface area contributed by atoms with Crippen LogP contribution in [-0.4, -0.2) is 28.8 Å². The molecule has 0 radical (unpaired) electrons. The fourth-order valence-corrected chi connectivity index (χ4v) is 0. The minimum absolute atomic E-state index is 0. The van der Waals surface area contributed by atoms with E-state index in [2.05, 4.69) is 0 Å². The van der Waals surface area contributed by atoms with Gasteiger partial charge >= 0.3 is 55.4 Å². The van der Waals surface area contributed by atoms with E-state index in [0.29, 0.717) is 0 Å². The van der Waals surface area contributed by atoms with Crippen molar-refractivity contribution >= 4 is 28.8 Å². The first-order valence-corrected chi connectivity index (χ1v) is 2.45. The van der Waals surface area contributed by atoms with E-state index in [-0.39, 0.29) is 55.4 Å². The van der Waals surface area contributed by atoms with Crippen LogP contribution in [0.4, 0.5) is 0 Å². The van der Waals surface area contributed by atoms with Gasteiger partial charge in [0.1, 0.15) is 0 Å². The van der Waals surface area contributed by atoms with Crippen molar-refractivity contribution in [3.05, 3.63) is 0 Å².